The largest absolute Gasteiger partial charge is 0.497 e. The Labute approximate surface area is 203 Å². The number of carbonyl (C=O) groups is 1. The molecule has 0 amide bonds. The van der Waals surface area contributed by atoms with E-state index < -0.39 is 5.97 Å². The fourth-order valence-electron chi connectivity index (χ4n) is 4.16. The molecule has 0 spiro atoms. The van der Waals surface area contributed by atoms with Crippen molar-refractivity contribution in [3.05, 3.63) is 82.4 Å². The van der Waals surface area contributed by atoms with Crippen molar-refractivity contribution in [3.8, 4) is 22.9 Å². The molecule has 1 heterocycles. The van der Waals surface area contributed by atoms with Crippen LogP contribution in [0.25, 0.3) is 11.1 Å². The number of aliphatic carboxylic acids is 1. The maximum absolute atomic E-state index is 11.2. The average molecular weight is 474 g/mol. The predicted octanol–water partition coefficient (Wildman–Crippen LogP) is 5.85. The average Bonchev–Trinajstić information content (AvgIpc) is 3.23. The van der Waals surface area contributed by atoms with Gasteiger partial charge in [-0.1, -0.05) is 41.9 Å². The van der Waals surface area contributed by atoms with Crippen molar-refractivity contribution < 1.29 is 14.6 Å². The molecule has 1 aliphatic rings. The summed E-state index contributed by atoms with van der Waals surface area (Å²) in [7, 11) is 1.64. The maximum atomic E-state index is 11.2. The topological polar surface area (TPSA) is 85.9 Å². The second kappa shape index (κ2) is 9.98. The Balaban J connectivity index is 1.52. The summed E-state index contributed by atoms with van der Waals surface area (Å²) in [5.41, 5.74) is 6.57. The van der Waals surface area contributed by atoms with Crippen molar-refractivity contribution in [2.24, 2.45) is 5.10 Å². The second-order valence-electron chi connectivity index (χ2n) is 8.29. The highest BCUT2D eigenvalue weighted by Gasteiger charge is 2.29. The number of anilines is 1. The molecule has 0 saturated heterocycles. The molecule has 1 unspecified atom stereocenters. The van der Waals surface area contributed by atoms with Gasteiger partial charge in [-0.2, -0.15) is 10.4 Å². The van der Waals surface area contributed by atoms with Gasteiger partial charge in [0.25, 0.3) is 0 Å². The highest BCUT2D eigenvalue weighted by atomic mass is 35.5. The lowest BCUT2D eigenvalue weighted by Crippen LogP contribution is -2.28. The summed E-state index contributed by atoms with van der Waals surface area (Å²) in [4.78, 5) is 11.2. The Bertz CT molecular complexity index is 1300. The van der Waals surface area contributed by atoms with Crippen LogP contribution in [0.3, 0.4) is 0 Å². The number of methoxy groups -OCH3 is 1. The molecule has 0 saturated carbocycles. The quantitative estimate of drug-likeness (QED) is 0.465. The van der Waals surface area contributed by atoms with Gasteiger partial charge in [-0.15, -0.1) is 0 Å². The lowest BCUT2D eigenvalue weighted by Gasteiger charge is -2.22. The number of halogens is 1. The fraction of sp³-hybridized carbons (Fsp3) is 0.222. The predicted molar refractivity (Wildman–Crippen MR) is 134 cm³/mol. The molecule has 3 aromatic carbocycles. The van der Waals surface area contributed by atoms with Crippen molar-refractivity contribution >= 4 is 29.0 Å². The van der Waals surface area contributed by atoms with Crippen molar-refractivity contribution in [3.63, 3.8) is 0 Å². The van der Waals surface area contributed by atoms with Gasteiger partial charge >= 0.3 is 5.97 Å². The van der Waals surface area contributed by atoms with Gasteiger partial charge in [0.05, 0.1) is 25.3 Å². The van der Waals surface area contributed by atoms with Crippen LogP contribution in [0.15, 0.2) is 65.8 Å². The van der Waals surface area contributed by atoms with Gasteiger partial charge in [0.1, 0.15) is 17.5 Å². The molecular formula is C27H24ClN3O3. The molecule has 7 heteroatoms. The molecule has 0 bridgehead atoms. The number of hydrazone groups is 1. The smallest absolute Gasteiger partial charge is 0.305 e. The van der Waals surface area contributed by atoms with Crippen molar-refractivity contribution in [1.29, 1.82) is 5.26 Å². The van der Waals surface area contributed by atoms with E-state index in [-0.39, 0.29) is 12.5 Å². The summed E-state index contributed by atoms with van der Waals surface area (Å²) in [6.45, 7) is 2.08. The number of benzene rings is 3. The van der Waals surface area contributed by atoms with Gasteiger partial charge in [0.2, 0.25) is 0 Å². The van der Waals surface area contributed by atoms with Crippen LogP contribution in [-0.4, -0.2) is 29.9 Å². The zero-order valence-electron chi connectivity index (χ0n) is 19.0. The van der Waals surface area contributed by atoms with Crippen LogP contribution < -0.4 is 9.75 Å². The van der Waals surface area contributed by atoms with Gasteiger partial charge < -0.3 is 9.84 Å². The number of carboxylic acids is 1. The Morgan fingerprint density at radius 3 is 2.62 bits per heavy atom. The molecule has 3 aromatic rings. The molecule has 4 rings (SSSR count). The SMILES string of the molecule is COc1ccc(Cl)c(-c2ccc(Cc3ccc(N4N=C(C#N)CC4CC(=O)O)cc3)c(C)c2)c1. The summed E-state index contributed by atoms with van der Waals surface area (Å²) in [5, 5.41) is 25.0. The van der Waals surface area contributed by atoms with Gasteiger partial charge in [-0.05, 0) is 65.9 Å². The third kappa shape index (κ3) is 5.05. The van der Waals surface area contributed by atoms with Gasteiger partial charge in [0.15, 0.2) is 0 Å². The van der Waals surface area contributed by atoms with Crippen molar-refractivity contribution in [1.82, 2.24) is 0 Å². The minimum absolute atomic E-state index is 0.0702. The zero-order valence-corrected chi connectivity index (χ0v) is 19.7. The summed E-state index contributed by atoms with van der Waals surface area (Å²) in [5.74, 6) is -0.147. The summed E-state index contributed by atoms with van der Waals surface area (Å²) >= 11 is 6.42. The molecule has 0 aromatic heterocycles. The first-order chi connectivity index (χ1) is 16.4. The van der Waals surface area contributed by atoms with Crippen LogP contribution in [0, 0.1) is 18.3 Å². The number of hydrogen-bond acceptors (Lipinski definition) is 5. The Morgan fingerprint density at radius 2 is 1.97 bits per heavy atom. The molecule has 1 N–H and O–H groups in total. The minimum atomic E-state index is -0.907. The van der Waals surface area contributed by atoms with Gasteiger partial charge in [0, 0.05) is 17.0 Å². The third-order valence-corrected chi connectivity index (χ3v) is 6.29. The monoisotopic (exact) mass is 473 g/mol. The second-order valence-corrected chi connectivity index (χ2v) is 8.70. The van der Waals surface area contributed by atoms with E-state index in [1.807, 2.05) is 48.5 Å². The van der Waals surface area contributed by atoms with E-state index in [9.17, 15) is 15.2 Å². The number of aryl methyl sites for hydroxylation is 1. The van der Waals surface area contributed by atoms with Gasteiger partial charge in [-0.3, -0.25) is 9.80 Å². The van der Waals surface area contributed by atoms with E-state index in [1.165, 1.54) is 5.56 Å². The molecule has 0 aliphatic carbocycles. The molecule has 1 aliphatic heterocycles. The number of nitriles is 1. The molecule has 34 heavy (non-hydrogen) atoms. The molecule has 0 fully saturated rings. The van der Waals surface area contributed by atoms with E-state index in [2.05, 4.69) is 30.2 Å². The van der Waals surface area contributed by atoms with Crippen molar-refractivity contribution in [2.75, 3.05) is 12.1 Å². The lowest BCUT2D eigenvalue weighted by molar-refractivity contribution is -0.137. The first-order valence-electron chi connectivity index (χ1n) is 10.9. The Morgan fingerprint density at radius 1 is 1.21 bits per heavy atom. The summed E-state index contributed by atoms with van der Waals surface area (Å²) in [6.07, 6.45) is 1.02. The van der Waals surface area contributed by atoms with E-state index in [4.69, 9.17) is 16.3 Å². The lowest BCUT2D eigenvalue weighted by atomic mass is 9.95. The molecule has 6 nitrogen and oxygen atoms in total. The molecule has 1 atom stereocenters. The zero-order chi connectivity index (χ0) is 24.2. The van der Waals surface area contributed by atoms with E-state index in [0.717, 1.165) is 40.1 Å². The Kier molecular flexibility index (Phi) is 6.85. The molecular weight excluding hydrogens is 450 g/mol. The van der Waals surface area contributed by atoms with E-state index in [0.29, 0.717) is 17.2 Å². The van der Waals surface area contributed by atoms with Gasteiger partial charge in [-0.25, -0.2) is 0 Å². The van der Waals surface area contributed by atoms with Crippen LogP contribution in [0.1, 0.15) is 29.5 Å². The van der Waals surface area contributed by atoms with Crippen LogP contribution in [0.2, 0.25) is 5.02 Å². The first-order valence-corrected chi connectivity index (χ1v) is 11.3. The fourth-order valence-corrected chi connectivity index (χ4v) is 4.39. The van der Waals surface area contributed by atoms with E-state index >= 15 is 0 Å². The maximum Gasteiger partial charge on any atom is 0.305 e. The van der Waals surface area contributed by atoms with E-state index in [1.54, 1.807) is 12.1 Å². The highest BCUT2D eigenvalue weighted by molar-refractivity contribution is 6.33. The standard InChI is InChI=1S/C27H24ClN3O3/c1-17-11-20(25-15-24(34-2)9-10-26(25)28)6-5-19(17)12-18-3-7-22(8-4-18)31-23(14-27(32)33)13-21(16-29)30-31/h3-11,15,23H,12-14H2,1-2H3,(H,32,33). The highest BCUT2D eigenvalue weighted by Crippen LogP contribution is 2.33. The number of rotatable bonds is 7. The molecule has 172 valence electrons. The third-order valence-electron chi connectivity index (χ3n) is 5.97. The first kappa shape index (κ1) is 23.3. The number of carboxylic acid groups (broad SMARTS) is 1. The number of hydrogen-bond donors (Lipinski definition) is 1. The number of ether oxygens (including phenoxy) is 1. The van der Waals surface area contributed by atoms with Crippen LogP contribution >= 0.6 is 11.6 Å². The Hall–Kier alpha value is -3.82. The molecule has 0 radical (unpaired) electrons. The summed E-state index contributed by atoms with van der Waals surface area (Å²) in [6, 6.07) is 21.5. The minimum Gasteiger partial charge on any atom is -0.497 e. The van der Waals surface area contributed by atoms with Crippen LogP contribution in [-0.2, 0) is 11.2 Å². The van der Waals surface area contributed by atoms with Crippen LogP contribution in [0.5, 0.6) is 5.75 Å². The number of nitrogens with zero attached hydrogens (tertiary/aromatic N) is 3. The van der Waals surface area contributed by atoms with Crippen LogP contribution in [0.4, 0.5) is 5.69 Å². The normalized spacial score (nSPS) is 15.1. The van der Waals surface area contributed by atoms with Crippen molar-refractivity contribution in [2.45, 2.75) is 32.2 Å². The summed E-state index contributed by atoms with van der Waals surface area (Å²) < 4.78 is 5.33.